The molecule has 0 bridgehead atoms. The first kappa shape index (κ1) is 24.9. The van der Waals surface area contributed by atoms with Crippen LogP contribution >= 0.6 is 11.6 Å². The van der Waals surface area contributed by atoms with Crippen LogP contribution < -0.4 is 16.0 Å². The quantitative estimate of drug-likeness (QED) is 0.304. The molecule has 4 aromatic rings. The van der Waals surface area contributed by atoms with Crippen molar-refractivity contribution in [2.24, 2.45) is 5.73 Å². The molecule has 0 saturated carbocycles. The largest absolute Gasteiger partial charge is 0.504 e. The highest BCUT2D eigenvalue weighted by molar-refractivity contribution is 6.32. The van der Waals surface area contributed by atoms with Gasteiger partial charge in [-0.15, -0.1) is 0 Å². The zero-order valence-corrected chi connectivity index (χ0v) is 21.1. The highest BCUT2D eigenvalue weighted by Gasteiger charge is 2.18. The molecule has 1 saturated heterocycles. The second kappa shape index (κ2) is 10.3. The van der Waals surface area contributed by atoms with Crippen molar-refractivity contribution < 1.29 is 14.3 Å². The molecule has 2 aromatic carbocycles. The maximum atomic E-state index is 14.2. The number of nitrogens with two attached hydrogens (primary N) is 1. The lowest BCUT2D eigenvalue weighted by atomic mass is 9.99. The first-order chi connectivity index (χ1) is 17.8. The highest BCUT2D eigenvalue weighted by Crippen LogP contribution is 2.36. The Balaban J connectivity index is 1.54. The number of piperidine rings is 1. The number of anilines is 3. The number of hydrogen-bond acceptors (Lipinski definition) is 7. The number of carbonyl (C=O) groups excluding carboxylic acids is 1. The summed E-state index contributed by atoms with van der Waals surface area (Å²) in [4.78, 5) is 23.4. The summed E-state index contributed by atoms with van der Waals surface area (Å²) in [6, 6.07) is 12.3. The van der Waals surface area contributed by atoms with E-state index in [4.69, 9.17) is 17.3 Å². The predicted molar refractivity (Wildman–Crippen MR) is 145 cm³/mol. The number of aromatic hydroxyl groups is 1. The second-order valence-corrected chi connectivity index (χ2v) is 9.84. The normalized spacial score (nSPS) is 15.7. The number of halogens is 2. The fraction of sp³-hybridized carbons (Fsp3) is 0.250. The summed E-state index contributed by atoms with van der Waals surface area (Å²) in [5.74, 6) is -0.507. The van der Waals surface area contributed by atoms with Crippen molar-refractivity contribution in [2.45, 2.75) is 32.2 Å². The number of benzene rings is 2. The third-order valence-electron chi connectivity index (χ3n) is 6.54. The standard InChI is InChI=1S/C28H27ClFN5O2/c1-16(36)9-19-13-32-25-6-4-17(18-11-23(29)28(37)24(30)12-18)10-22(25)27(19)34-21-5-7-26(33-14-21)35-8-2-3-20(31)15-35/h4-7,10-14,20,37H,2-3,8-9,15,31H2,1H3,(H,32,34). The summed E-state index contributed by atoms with van der Waals surface area (Å²) < 4.78 is 14.2. The van der Waals surface area contributed by atoms with E-state index in [2.05, 4.69) is 20.2 Å². The predicted octanol–water partition coefficient (Wildman–Crippen LogP) is 5.60. The maximum absolute atomic E-state index is 14.2. The van der Waals surface area contributed by atoms with E-state index >= 15 is 0 Å². The first-order valence-electron chi connectivity index (χ1n) is 12.1. The number of nitrogens with zero attached hydrogens (tertiary/aromatic N) is 3. The molecule has 0 radical (unpaired) electrons. The van der Waals surface area contributed by atoms with E-state index in [9.17, 15) is 14.3 Å². The van der Waals surface area contributed by atoms with Gasteiger partial charge in [0, 0.05) is 42.7 Å². The van der Waals surface area contributed by atoms with Crippen molar-refractivity contribution >= 4 is 45.5 Å². The number of phenols is 1. The Morgan fingerprint density at radius 2 is 2.03 bits per heavy atom. The van der Waals surface area contributed by atoms with Gasteiger partial charge in [-0.05, 0) is 67.3 Å². The summed E-state index contributed by atoms with van der Waals surface area (Å²) in [5.41, 5.74) is 10.2. The minimum atomic E-state index is -0.801. The molecule has 37 heavy (non-hydrogen) atoms. The van der Waals surface area contributed by atoms with E-state index < -0.39 is 11.6 Å². The molecule has 190 valence electrons. The molecule has 7 nitrogen and oxygen atoms in total. The first-order valence-corrected chi connectivity index (χ1v) is 12.5. The number of Topliss-reactive ketones (excluding diaryl/α,β-unsaturated/α-hetero) is 1. The third-order valence-corrected chi connectivity index (χ3v) is 6.82. The van der Waals surface area contributed by atoms with Crippen molar-refractivity contribution in [3.8, 4) is 16.9 Å². The molecule has 1 fully saturated rings. The van der Waals surface area contributed by atoms with Gasteiger partial charge in [-0.2, -0.15) is 0 Å². The summed E-state index contributed by atoms with van der Waals surface area (Å²) in [5, 5.41) is 13.8. The van der Waals surface area contributed by atoms with Gasteiger partial charge < -0.3 is 21.1 Å². The average molecular weight is 520 g/mol. The van der Waals surface area contributed by atoms with Crippen molar-refractivity contribution in [3.63, 3.8) is 0 Å². The van der Waals surface area contributed by atoms with Gasteiger partial charge in [-0.3, -0.25) is 9.78 Å². The van der Waals surface area contributed by atoms with Gasteiger partial charge >= 0.3 is 0 Å². The summed E-state index contributed by atoms with van der Waals surface area (Å²) in [6.45, 7) is 3.24. The van der Waals surface area contributed by atoms with Crippen molar-refractivity contribution in [2.75, 3.05) is 23.3 Å². The van der Waals surface area contributed by atoms with Gasteiger partial charge in [0.25, 0.3) is 0 Å². The van der Waals surface area contributed by atoms with Gasteiger partial charge in [0.2, 0.25) is 0 Å². The summed E-state index contributed by atoms with van der Waals surface area (Å²) in [7, 11) is 0. The number of carbonyl (C=O) groups is 1. The molecule has 1 aliphatic rings. The van der Waals surface area contributed by atoms with Gasteiger partial charge in [0.15, 0.2) is 11.6 Å². The van der Waals surface area contributed by atoms with Crippen molar-refractivity contribution in [1.82, 2.24) is 9.97 Å². The van der Waals surface area contributed by atoms with Crippen LogP contribution in [0.3, 0.4) is 0 Å². The molecular weight excluding hydrogens is 493 g/mol. The van der Waals surface area contributed by atoms with Crippen LogP contribution in [0.25, 0.3) is 22.0 Å². The minimum Gasteiger partial charge on any atom is -0.504 e. The summed E-state index contributed by atoms with van der Waals surface area (Å²) in [6.07, 6.45) is 5.72. The van der Waals surface area contributed by atoms with Gasteiger partial charge in [0.1, 0.15) is 11.6 Å². The van der Waals surface area contributed by atoms with Gasteiger partial charge in [-0.1, -0.05) is 17.7 Å². The van der Waals surface area contributed by atoms with E-state index in [-0.39, 0.29) is 23.3 Å². The van der Waals surface area contributed by atoms with Crippen LogP contribution in [0.15, 0.2) is 54.9 Å². The number of hydrogen-bond donors (Lipinski definition) is 3. The lowest BCUT2D eigenvalue weighted by Gasteiger charge is -2.31. The Hall–Kier alpha value is -3.75. The van der Waals surface area contributed by atoms with Crippen LogP contribution in [0.1, 0.15) is 25.3 Å². The number of nitrogens with one attached hydrogen (secondary N) is 1. The smallest absolute Gasteiger partial charge is 0.170 e. The lowest BCUT2D eigenvalue weighted by molar-refractivity contribution is -0.116. The van der Waals surface area contributed by atoms with Crippen molar-refractivity contribution in [3.05, 3.63) is 71.3 Å². The van der Waals surface area contributed by atoms with E-state index in [1.165, 1.54) is 19.1 Å². The Morgan fingerprint density at radius 3 is 2.73 bits per heavy atom. The van der Waals surface area contributed by atoms with E-state index in [0.717, 1.165) is 54.1 Å². The highest BCUT2D eigenvalue weighted by atomic mass is 35.5. The molecule has 9 heteroatoms. The molecule has 0 amide bonds. The third kappa shape index (κ3) is 5.35. The van der Waals surface area contributed by atoms with Crippen LogP contribution in [-0.2, 0) is 11.2 Å². The Labute approximate surface area is 219 Å². The molecule has 3 heterocycles. The maximum Gasteiger partial charge on any atom is 0.170 e. The Kier molecular flexibility index (Phi) is 6.95. The fourth-order valence-electron chi connectivity index (χ4n) is 4.70. The SMILES string of the molecule is CC(=O)Cc1cnc2ccc(-c3cc(F)c(O)c(Cl)c3)cc2c1Nc1ccc(N2CCCC(N)C2)nc1. The van der Waals surface area contributed by atoms with Crippen LogP contribution in [-0.4, -0.2) is 40.0 Å². The van der Waals surface area contributed by atoms with Crippen LogP contribution in [0.5, 0.6) is 5.75 Å². The molecule has 1 aliphatic heterocycles. The van der Waals surface area contributed by atoms with Crippen LogP contribution in [0.2, 0.25) is 5.02 Å². The second-order valence-electron chi connectivity index (χ2n) is 9.44. The number of phenolic OH excluding ortho intramolecular Hbond substituents is 1. The number of rotatable bonds is 6. The zero-order chi connectivity index (χ0) is 26.1. The number of ketones is 1. The molecule has 1 unspecified atom stereocenters. The van der Waals surface area contributed by atoms with Gasteiger partial charge in [0.05, 0.1) is 28.1 Å². The minimum absolute atomic E-state index is 0.00246. The number of pyridine rings is 2. The average Bonchev–Trinajstić information content (AvgIpc) is 2.88. The topological polar surface area (TPSA) is 104 Å². The molecule has 1 atom stereocenters. The lowest BCUT2D eigenvalue weighted by Crippen LogP contribution is -2.43. The molecule has 5 rings (SSSR count). The van der Waals surface area contributed by atoms with Crippen LogP contribution in [0.4, 0.5) is 21.6 Å². The monoisotopic (exact) mass is 519 g/mol. The number of aromatic nitrogens is 2. The molecule has 0 spiro atoms. The zero-order valence-electron chi connectivity index (χ0n) is 20.3. The van der Waals surface area contributed by atoms with E-state index in [0.29, 0.717) is 16.6 Å². The Bertz CT molecular complexity index is 1450. The fourth-order valence-corrected chi connectivity index (χ4v) is 4.91. The number of fused-ring (bicyclic) bond motifs is 1. The Morgan fingerprint density at radius 1 is 1.19 bits per heavy atom. The van der Waals surface area contributed by atoms with Crippen LogP contribution in [0, 0.1) is 5.82 Å². The molecular formula is C28H27ClFN5O2. The molecule has 2 aromatic heterocycles. The summed E-state index contributed by atoms with van der Waals surface area (Å²) >= 11 is 6.02. The van der Waals surface area contributed by atoms with Crippen molar-refractivity contribution in [1.29, 1.82) is 0 Å². The molecule has 0 aliphatic carbocycles. The van der Waals surface area contributed by atoms with E-state index in [1.54, 1.807) is 12.4 Å². The van der Waals surface area contributed by atoms with Gasteiger partial charge in [-0.25, -0.2) is 9.37 Å². The van der Waals surface area contributed by atoms with E-state index in [1.807, 2.05) is 30.3 Å². The molecule has 4 N–H and O–H groups in total.